The summed E-state index contributed by atoms with van der Waals surface area (Å²) in [6, 6.07) is 15.0. The first-order valence-electron chi connectivity index (χ1n) is 9.12. The molecule has 1 aliphatic rings. The number of likely N-dealkylation sites (N-methyl/N-ethyl adjacent to an activating group) is 1. The molecule has 2 N–H and O–H groups in total. The number of carbonyl (C=O) groups excluding carboxylic acids is 2. The number of ether oxygens (including phenoxy) is 1. The van der Waals surface area contributed by atoms with Crippen molar-refractivity contribution in [3.63, 3.8) is 0 Å². The van der Waals surface area contributed by atoms with Crippen LogP contribution in [0.25, 0.3) is 11.1 Å². The minimum absolute atomic E-state index is 0.0827. The molecule has 0 radical (unpaired) electrons. The maximum absolute atomic E-state index is 12.2. The Balaban J connectivity index is 1.58. The number of hydroxylamine groups is 2. The van der Waals surface area contributed by atoms with Gasteiger partial charge in [-0.2, -0.15) is 0 Å². The van der Waals surface area contributed by atoms with E-state index in [0.717, 1.165) is 27.3 Å². The predicted octanol–water partition coefficient (Wildman–Crippen LogP) is 2.39. The van der Waals surface area contributed by atoms with Crippen molar-refractivity contribution in [1.29, 1.82) is 0 Å². The maximum Gasteiger partial charge on any atom is 0.407 e. The topological polar surface area (TPSA) is 105 Å². The standard InChI is InChI=1S/C21H22N2O6/c1-13(20(26)23(2)29-12-19(24)25)22-21(27)28-11-18-16-9-5-3-7-14(16)15-8-4-6-10-17(15)18/h3-10,13,18H,11-12H2,1-2H3,(H,22,27)(H,24,25)/t13-/m0/s1. The van der Waals surface area contributed by atoms with Gasteiger partial charge in [-0.1, -0.05) is 48.5 Å². The fourth-order valence-electron chi connectivity index (χ4n) is 3.37. The van der Waals surface area contributed by atoms with Crippen LogP contribution < -0.4 is 5.32 Å². The van der Waals surface area contributed by atoms with Crippen molar-refractivity contribution in [3.05, 3.63) is 59.7 Å². The van der Waals surface area contributed by atoms with Crippen LogP contribution >= 0.6 is 0 Å². The summed E-state index contributed by atoms with van der Waals surface area (Å²) in [7, 11) is 1.28. The maximum atomic E-state index is 12.2. The minimum atomic E-state index is -1.21. The van der Waals surface area contributed by atoms with E-state index in [2.05, 4.69) is 5.32 Å². The first kappa shape index (κ1) is 20.3. The molecule has 0 heterocycles. The molecule has 1 aliphatic carbocycles. The van der Waals surface area contributed by atoms with Gasteiger partial charge in [-0.15, -0.1) is 0 Å². The summed E-state index contributed by atoms with van der Waals surface area (Å²) in [4.78, 5) is 39.6. The van der Waals surface area contributed by atoms with Gasteiger partial charge in [0, 0.05) is 13.0 Å². The van der Waals surface area contributed by atoms with Gasteiger partial charge >= 0.3 is 12.1 Å². The molecule has 1 atom stereocenters. The summed E-state index contributed by atoms with van der Waals surface area (Å²) in [5, 5.41) is 11.8. The lowest BCUT2D eigenvalue weighted by Crippen LogP contribution is -2.46. The van der Waals surface area contributed by atoms with Crippen LogP contribution in [-0.2, 0) is 19.2 Å². The Morgan fingerprint density at radius 1 is 1.07 bits per heavy atom. The Bertz CT molecular complexity index is 883. The molecule has 3 rings (SSSR count). The van der Waals surface area contributed by atoms with Crippen molar-refractivity contribution in [2.75, 3.05) is 20.3 Å². The lowest BCUT2D eigenvalue weighted by atomic mass is 9.98. The summed E-state index contributed by atoms with van der Waals surface area (Å²) in [6.45, 7) is 0.941. The van der Waals surface area contributed by atoms with Gasteiger partial charge in [0.1, 0.15) is 12.6 Å². The van der Waals surface area contributed by atoms with Gasteiger partial charge in [-0.25, -0.2) is 14.7 Å². The molecule has 2 aromatic rings. The Kier molecular flexibility index (Phi) is 6.13. The molecular weight excluding hydrogens is 376 g/mol. The third-order valence-corrected chi connectivity index (χ3v) is 4.74. The van der Waals surface area contributed by atoms with E-state index < -0.39 is 30.6 Å². The van der Waals surface area contributed by atoms with Gasteiger partial charge in [0.25, 0.3) is 5.91 Å². The molecule has 2 amide bonds. The molecule has 8 heteroatoms. The molecule has 0 fully saturated rings. The van der Waals surface area contributed by atoms with Crippen LogP contribution in [-0.4, -0.2) is 54.4 Å². The molecule has 152 valence electrons. The first-order chi connectivity index (χ1) is 13.9. The van der Waals surface area contributed by atoms with E-state index in [9.17, 15) is 14.4 Å². The number of nitrogens with one attached hydrogen (secondary N) is 1. The average molecular weight is 398 g/mol. The summed E-state index contributed by atoms with van der Waals surface area (Å²) in [6.07, 6.45) is -0.737. The largest absolute Gasteiger partial charge is 0.479 e. The number of nitrogens with zero attached hydrogens (tertiary/aromatic N) is 1. The number of carboxylic acids is 1. The Morgan fingerprint density at radius 2 is 1.62 bits per heavy atom. The molecule has 8 nitrogen and oxygen atoms in total. The highest BCUT2D eigenvalue weighted by Crippen LogP contribution is 2.44. The van der Waals surface area contributed by atoms with Gasteiger partial charge < -0.3 is 15.2 Å². The van der Waals surface area contributed by atoms with Crippen molar-refractivity contribution in [2.45, 2.75) is 18.9 Å². The summed E-state index contributed by atoms with van der Waals surface area (Å²) < 4.78 is 5.38. The second-order valence-electron chi connectivity index (χ2n) is 6.69. The van der Waals surface area contributed by atoms with Gasteiger partial charge in [-0.3, -0.25) is 9.63 Å². The van der Waals surface area contributed by atoms with Crippen molar-refractivity contribution < 1.29 is 29.1 Å². The minimum Gasteiger partial charge on any atom is -0.479 e. The Morgan fingerprint density at radius 3 is 2.17 bits per heavy atom. The molecule has 0 saturated carbocycles. The third kappa shape index (κ3) is 4.55. The molecule has 0 aromatic heterocycles. The number of hydrogen-bond acceptors (Lipinski definition) is 5. The average Bonchev–Trinajstić information content (AvgIpc) is 3.03. The number of amides is 2. The van der Waals surface area contributed by atoms with Crippen molar-refractivity contribution in [2.24, 2.45) is 0 Å². The van der Waals surface area contributed by atoms with Crippen LogP contribution in [0.1, 0.15) is 24.0 Å². The van der Waals surface area contributed by atoms with E-state index in [4.69, 9.17) is 14.7 Å². The number of benzene rings is 2. The zero-order valence-corrected chi connectivity index (χ0v) is 16.1. The Labute approximate surface area is 168 Å². The van der Waals surface area contributed by atoms with Crippen LogP contribution in [0.3, 0.4) is 0 Å². The van der Waals surface area contributed by atoms with Crippen LogP contribution in [0, 0.1) is 0 Å². The van der Waals surface area contributed by atoms with Crippen LogP contribution in [0.2, 0.25) is 0 Å². The van der Waals surface area contributed by atoms with Crippen molar-refractivity contribution in [3.8, 4) is 11.1 Å². The molecular formula is C21H22N2O6. The number of alkyl carbamates (subject to hydrolysis) is 1. The number of carboxylic acid groups (broad SMARTS) is 1. The second kappa shape index (κ2) is 8.74. The summed E-state index contributed by atoms with van der Waals surface area (Å²) in [5.74, 6) is -1.89. The second-order valence-corrected chi connectivity index (χ2v) is 6.69. The number of aliphatic carboxylic acids is 1. The van der Waals surface area contributed by atoms with Crippen molar-refractivity contribution in [1.82, 2.24) is 10.4 Å². The lowest BCUT2D eigenvalue weighted by molar-refractivity contribution is -0.187. The van der Waals surface area contributed by atoms with E-state index in [1.54, 1.807) is 0 Å². The van der Waals surface area contributed by atoms with Crippen LogP contribution in [0.15, 0.2) is 48.5 Å². The fourth-order valence-corrected chi connectivity index (χ4v) is 3.37. The lowest BCUT2D eigenvalue weighted by Gasteiger charge is -2.21. The van der Waals surface area contributed by atoms with E-state index in [1.165, 1.54) is 14.0 Å². The van der Waals surface area contributed by atoms with Gasteiger partial charge in [0.2, 0.25) is 0 Å². The number of carbonyl (C=O) groups is 3. The third-order valence-electron chi connectivity index (χ3n) is 4.74. The normalized spacial score (nSPS) is 13.2. The quantitative estimate of drug-likeness (QED) is 0.694. The molecule has 0 aliphatic heterocycles. The molecule has 29 heavy (non-hydrogen) atoms. The van der Waals surface area contributed by atoms with E-state index in [1.807, 2.05) is 48.5 Å². The molecule has 2 aromatic carbocycles. The van der Waals surface area contributed by atoms with Crippen LogP contribution in [0.5, 0.6) is 0 Å². The molecule has 0 unspecified atom stereocenters. The van der Waals surface area contributed by atoms with E-state index >= 15 is 0 Å². The number of fused-ring (bicyclic) bond motifs is 3. The van der Waals surface area contributed by atoms with Gasteiger partial charge in [0.05, 0.1) is 0 Å². The SMILES string of the molecule is C[C@H](NC(=O)OCC1c2ccccc2-c2ccccc21)C(=O)N(C)OCC(=O)O. The summed E-state index contributed by atoms with van der Waals surface area (Å²) >= 11 is 0. The zero-order valence-electron chi connectivity index (χ0n) is 16.1. The number of hydrogen-bond donors (Lipinski definition) is 2. The van der Waals surface area contributed by atoms with Gasteiger partial charge in [0.15, 0.2) is 6.61 Å². The highest BCUT2D eigenvalue weighted by molar-refractivity contribution is 5.84. The highest BCUT2D eigenvalue weighted by atomic mass is 16.7. The van der Waals surface area contributed by atoms with E-state index in [-0.39, 0.29) is 12.5 Å². The molecule has 0 bridgehead atoms. The highest BCUT2D eigenvalue weighted by Gasteiger charge is 2.29. The van der Waals surface area contributed by atoms with E-state index in [0.29, 0.717) is 0 Å². The van der Waals surface area contributed by atoms with Crippen LogP contribution in [0.4, 0.5) is 4.79 Å². The summed E-state index contributed by atoms with van der Waals surface area (Å²) in [5.41, 5.74) is 4.43. The van der Waals surface area contributed by atoms with Crippen molar-refractivity contribution >= 4 is 18.0 Å². The monoisotopic (exact) mass is 398 g/mol. The molecule has 0 saturated heterocycles. The predicted molar refractivity (Wildman–Crippen MR) is 104 cm³/mol. The molecule has 0 spiro atoms. The van der Waals surface area contributed by atoms with Gasteiger partial charge in [-0.05, 0) is 29.2 Å². The first-order valence-corrected chi connectivity index (χ1v) is 9.12. The Hall–Kier alpha value is -3.39. The smallest absolute Gasteiger partial charge is 0.407 e. The zero-order chi connectivity index (χ0) is 21.0. The fraction of sp³-hybridized carbons (Fsp3) is 0.286. The number of rotatable bonds is 7.